The summed E-state index contributed by atoms with van der Waals surface area (Å²) in [6, 6.07) is 6.73. The van der Waals surface area contributed by atoms with Crippen molar-refractivity contribution >= 4 is 11.3 Å². The highest BCUT2D eigenvalue weighted by molar-refractivity contribution is 7.09. The van der Waals surface area contributed by atoms with Gasteiger partial charge in [0.25, 0.3) is 0 Å². The number of nitrogens with zero attached hydrogens (tertiary/aromatic N) is 1. The quantitative estimate of drug-likeness (QED) is 0.911. The number of thiazole rings is 1. The average Bonchev–Trinajstić information content (AvgIpc) is 2.75. The number of halogens is 1. The number of benzene rings is 1. The molecular weight excluding hydrogens is 247 g/mol. The lowest BCUT2D eigenvalue weighted by atomic mass is 10.1. The predicted molar refractivity (Wildman–Crippen MR) is 74.1 cm³/mol. The van der Waals surface area contributed by atoms with E-state index in [4.69, 9.17) is 0 Å². The lowest BCUT2D eigenvalue weighted by Gasteiger charge is -2.19. The van der Waals surface area contributed by atoms with Crippen LogP contribution in [0.15, 0.2) is 29.6 Å². The van der Waals surface area contributed by atoms with E-state index in [1.165, 1.54) is 6.07 Å². The molecular formula is C14H17FN2S. The van der Waals surface area contributed by atoms with E-state index in [1.807, 2.05) is 11.4 Å². The van der Waals surface area contributed by atoms with Crippen LogP contribution in [-0.2, 0) is 6.54 Å². The first-order chi connectivity index (χ1) is 8.46. The maximum Gasteiger partial charge on any atom is 0.132 e. The molecule has 0 unspecified atom stereocenters. The van der Waals surface area contributed by atoms with E-state index in [0.29, 0.717) is 17.8 Å². The van der Waals surface area contributed by atoms with Crippen LogP contribution in [0, 0.1) is 5.82 Å². The standard InChI is InChI=1S/C14H17FN2S/c1-14(2,3)16-8-13-17-12(9-18-13)10-6-4-5-7-11(10)15/h4-7,9,16H,8H2,1-3H3. The van der Waals surface area contributed by atoms with Crippen LogP contribution in [0.3, 0.4) is 0 Å². The van der Waals surface area contributed by atoms with Gasteiger partial charge < -0.3 is 5.32 Å². The average molecular weight is 264 g/mol. The van der Waals surface area contributed by atoms with E-state index in [1.54, 1.807) is 23.5 Å². The third-order valence-corrected chi connectivity index (χ3v) is 3.32. The summed E-state index contributed by atoms with van der Waals surface area (Å²) in [4.78, 5) is 4.46. The van der Waals surface area contributed by atoms with Crippen molar-refractivity contribution in [2.24, 2.45) is 0 Å². The second-order valence-corrected chi connectivity index (χ2v) is 6.15. The topological polar surface area (TPSA) is 24.9 Å². The summed E-state index contributed by atoms with van der Waals surface area (Å²) in [5, 5.41) is 6.25. The van der Waals surface area contributed by atoms with Crippen molar-refractivity contribution in [3.63, 3.8) is 0 Å². The Morgan fingerprint density at radius 1 is 1.28 bits per heavy atom. The molecule has 0 bridgehead atoms. The lowest BCUT2D eigenvalue weighted by Crippen LogP contribution is -2.34. The molecule has 0 saturated heterocycles. The summed E-state index contributed by atoms with van der Waals surface area (Å²) < 4.78 is 13.6. The van der Waals surface area contributed by atoms with Gasteiger partial charge in [0, 0.05) is 23.0 Å². The van der Waals surface area contributed by atoms with E-state index in [0.717, 1.165) is 5.01 Å². The Hall–Kier alpha value is -1.26. The van der Waals surface area contributed by atoms with Gasteiger partial charge in [0.05, 0.1) is 5.69 Å². The third-order valence-electron chi connectivity index (χ3n) is 2.47. The van der Waals surface area contributed by atoms with Crippen molar-refractivity contribution in [2.45, 2.75) is 32.9 Å². The fraction of sp³-hybridized carbons (Fsp3) is 0.357. The summed E-state index contributed by atoms with van der Waals surface area (Å²) in [7, 11) is 0. The number of hydrogen-bond donors (Lipinski definition) is 1. The maximum absolute atomic E-state index is 13.6. The van der Waals surface area contributed by atoms with E-state index in [9.17, 15) is 4.39 Å². The highest BCUT2D eigenvalue weighted by Gasteiger charge is 2.12. The van der Waals surface area contributed by atoms with E-state index in [2.05, 4.69) is 31.1 Å². The van der Waals surface area contributed by atoms with Gasteiger partial charge in [-0.2, -0.15) is 0 Å². The van der Waals surface area contributed by atoms with Crippen molar-refractivity contribution in [1.82, 2.24) is 10.3 Å². The van der Waals surface area contributed by atoms with Crippen molar-refractivity contribution < 1.29 is 4.39 Å². The molecule has 18 heavy (non-hydrogen) atoms. The van der Waals surface area contributed by atoms with E-state index < -0.39 is 0 Å². The number of hydrogen-bond acceptors (Lipinski definition) is 3. The minimum absolute atomic E-state index is 0.0594. The molecule has 0 radical (unpaired) electrons. The van der Waals surface area contributed by atoms with Gasteiger partial charge in [-0.1, -0.05) is 12.1 Å². The Labute approximate surface area is 111 Å². The highest BCUT2D eigenvalue weighted by Crippen LogP contribution is 2.24. The minimum Gasteiger partial charge on any atom is -0.306 e. The summed E-state index contributed by atoms with van der Waals surface area (Å²) in [6.45, 7) is 7.04. The van der Waals surface area contributed by atoms with E-state index >= 15 is 0 Å². The van der Waals surface area contributed by atoms with Crippen molar-refractivity contribution in [3.05, 3.63) is 40.5 Å². The summed E-state index contributed by atoms with van der Waals surface area (Å²) >= 11 is 1.55. The molecule has 96 valence electrons. The SMILES string of the molecule is CC(C)(C)NCc1nc(-c2ccccc2F)cs1. The fourth-order valence-corrected chi connectivity index (χ4v) is 2.26. The predicted octanol–water partition coefficient (Wildman–Crippen LogP) is 3.84. The number of aromatic nitrogens is 1. The zero-order valence-corrected chi connectivity index (χ0v) is 11.6. The first-order valence-electron chi connectivity index (χ1n) is 5.90. The molecule has 0 amide bonds. The van der Waals surface area contributed by atoms with Crippen LogP contribution in [0.1, 0.15) is 25.8 Å². The molecule has 0 spiro atoms. The summed E-state index contributed by atoms with van der Waals surface area (Å²) in [6.07, 6.45) is 0. The molecule has 2 rings (SSSR count). The van der Waals surface area contributed by atoms with Crippen LogP contribution in [0.5, 0.6) is 0 Å². The molecule has 1 aromatic carbocycles. The molecule has 1 N–H and O–H groups in total. The molecule has 0 aliphatic carbocycles. The normalized spacial score (nSPS) is 11.8. The van der Waals surface area contributed by atoms with Gasteiger partial charge in [0.1, 0.15) is 10.8 Å². The monoisotopic (exact) mass is 264 g/mol. The second kappa shape index (κ2) is 5.16. The zero-order chi connectivity index (χ0) is 13.2. The highest BCUT2D eigenvalue weighted by atomic mass is 32.1. The van der Waals surface area contributed by atoms with Crippen molar-refractivity contribution in [2.75, 3.05) is 0 Å². The number of nitrogens with one attached hydrogen (secondary N) is 1. The van der Waals surface area contributed by atoms with Gasteiger partial charge in [-0.25, -0.2) is 9.37 Å². The summed E-state index contributed by atoms with van der Waals surface area (Å²) in [5.74, 6) is -0.224. The van der Waals surface area contributed by atoms with Gasteiger partial charge >= 0.3 is 0 Å². The second-order valence-electron chi connectivity index (χ2n) is 5.21. The van der Waals surface area contributed by atoms with Gasteiger partial charge in [0.15, 0.2) is 0 Å². The molecule has 0 atom stereocenters. The Kier molecular flexibility index (Phi) is 3.78. The first-order valence-corrected chi connectivity index (χ1v) is 6.78. The molecule has 1 aromatic heterocycles. The smallest absolute Gasteiger partial charge is 0.132 e. The van der Waals surface area contributed by atoms with Crippen LogP contribution in [-0.4, -0.2) is 10.5 Å². The van der Waals surface area contributed by atoms with Crippen LogP contribution in [0.2, 0.25) is 0 Å². The van der Waals surface area contributed by atoms with Gasteiger partial charge in [-0.15, -0.1) is 11.3 Å². The molecule has 2 aromatic rings. The van der Waals surface area contributed by atoms with Gasteiger partial charge in [-0.3, -0.25) is 0 Å². The van der Waals surface area contributed by atoms with Crippen molar-refractivity contribution in [3.8, 4) is 11.3 Å². The summed E-state index contributed by atoms with van der Waals surface area (Å²) in [5.41, 5.74) is 1.34. The number of rotatable bonds is 3. The molecule has 0 fully saturated rings. The van der Waals surface area contributed by atoms with E-state index in [-0.39, 0.29) is 11.4 Å². The Bertz CT molecular complexity index is 529. The molecule has 2 nitrogen and oxygen atoms in total. The van der Waals surface area contributed by atoms with Crippen LogP contribution in [0.25, 0.3) is 11.3 Å². The van der Waals surface area contributed by atoms with Crippen LogP contribution < -0.4 is 5.32 Å². The molecule has 0 aliphatic rings. The third kappa shape index (κ3) is 3.37. The zero-order valence-electron chi connectivity index (χ0n) is 10.8. The lowest BCUT2D eigenvalue weighted by molar-refractivity contribution is 0.424. The Balaban J connectivity index is 2.14. The fourth-order valence-electron chi connectivity index (χ4n) is 1.53. The minimum atomic E-state index is -0.224. The largest absolute Gasteiger partial charge is 0.306 e. The van der Waals surface area contributed by atoms with Crippen LogP contribution in [0.4, 0.5) is 4.39 Å². The van der Waals surface area contributed by atoms with Crippen molar-refractivity contribution in [1.29, 1.82) is 0 Å². The molecule has 4 heteroatoms. The maximum atomic E-state index is 13.6. The first kappa shape index (κ1) is 13.2. The molecule has 0 saturated carbocycles. The molecule has 1 heterocycles. The van der Waals surface area contributed by atoms with Gasteiger partial charge in [-0.05, 0) is 32.9 Å². The Morgan fingerprint density at radius 3 is 2.67 bits per heavy atom. The van der Waals surface area contributed by atoms with Crippen LogP contribution >= 0.6 is 11.3 Å². The van der Waals surface area contributed by atoms with Gasteiger partial charge in [0.2, 0.25) is 0 Å². The Morgan fingerprint density at radius 2 is 2.00 bits per heavy atom. The molecule has 0 aliphatic heterocycles.